The van der Waals surface area contributed by atoms with Crippen LogP contribution in [0, 0.1) is 20.8 Å². The van der Waals surface area contributed by atoms with Gasteiger partial charge in [-0.3, -0.25) is 0 Å². The van der Waals surface area contributed by atoms with Gasteiger partial charge in [0.1, 0.15) is 5.75 Å². The number of aryl methyl sites for hydroxylation is 1. The van der Waals surface area contributed by atoms with Crippen LogP contribution in [0.15, 0.2) is 6.07 Å². The summed E-state index contributed by atoms with van der Waals surface area (Å²) in [6.45, 7) is 6.64. The Morgan fingerprint density at radius 3 is 2.38 bits per heavy atom. The van der Waals surface area contributed by atoms with Crippen LogP contribution in [0.4, 0.5) is 0 Å². The van der Waals surface area contributed by atoms with Gasteiger partial charge < -0.3 is 15.6 Å². The number of rotatable bonds is 4. The maximum absolute atomic E-state index is 9.30. The topological polar surface area (TPSA) is 55.5 Å². The van der Waals surface area contributed by atoms with Crippen molar-refractivity contribution < 1.29 is 9.84 Å². The molecule has 0 spiro atoms. The van der Waals surface area contributed by atoms with Crippen LogP contribution in [0.1, 0.15) is 28.2 Å². The van der Waals surface area contributed by atoms with E-state index >= 15 is 0 Å². The Labute approximate surface area is 97.2 Å². The van der Waals surface area contributed by atoms with Crippen molar-refractivity contribution in [3.8, 4) is 5.75 Å². The number of hydrogen-bond acceptors (Lipinski definition) is 3. The van der Waals surface area contributed by atoms with Crippen LogP contribution in [0.25, 0.3) is 0 Å². The summed E-state index contributed by atoms with van der Waals surface area (Å²) < 4.78 is 5.36. The Bertz CT molecular complexity index is 371. The second-order valence-corrected chi connectivity index (χ2v) is 4.18. The summed E-state index contributed by atoms with van der Waals surface area (Å²) in [7, 11) is 1.68. The van der Waals surface area contributed by atoms with E-state index in [-0.39, 0.29) is 12.5 Å². The van der Waals surface area contributed by atoms with Crippen LogP contribution in [-0.4, -0.2) is 25.4 Å². The highest BCUT2D eigenvalue weighted by atomic mass is 16.5. The standard InChI is InChI=1S/C13H21NO2/c1-8-5-12(11(6-14)7-15)9(2)10(3)13(8)16-4/h5,11,15H,6-7,14H2,1-4H3. The molecule has 0 amide bonds. The Balaban J connectivity index is 3.32. The summed E-state index contributed by atoms with van der Waals surface area (Å²) >= 11 is 0. The lowest BCUT2D eigenvalue weighted by molar-refractivity contribution is 0.267. The molecule has 0 aliphatic carbocycles. The van der Waals surface area contributed by atoms with Gasteiger partial charge in [-0.15, -0.1) is 0 Å². The Kier molecular flexibility index (Phi) is 4.33. The molecule has 0 heterocycles. The average Bonchev–Trinajstić information content (AvgIpc) is 2.27. The first-order chi connectivity index (χ1) is 7.56. The van der Waals surface area contributed by atoms with E-state index in [9.17, 15) is 5.11 Å². The van der Waals surface area contributed by atoms with Crippen molar-refractivity contribution in [1.29, 1.82) is 0 Å². The van der Waals surface area contributed by atoms with Crippen molar-refractivity contribution >= 4 is 0 Å². The zero-order valence-electron chi connectivity index (χ0n) is 10.5. The molecule has 0 aliphatic heterocycles. The molecule has 3 nitrogen and oxygen atoms in total. The van der Waals surface area contributed by atoms with Crippen LogP contribution >= 0.6 is 0 Å². The lowest BCUT2D eigenvalue weighted by atomic mass is 9.90. The molecule has 3 heteroatoms. The molecule has 0 aromatic heterocycles. The maximum atomic E-state index is 9.30. The smallest absolute Gasteiger partial charge is 0.124 e. The number of aliphatic hydroxyl groups excluding tert-OH is 1. The molecule has 1 aromatic carbocycles. The molecule has 0 fully saturated rings. The van der Waals surface area contributed by atoms with Gasteiger partial charge in [0.25, 0.3) is 0 Å². The largest absolute Gasteiger partial charge is 0.496 e. The van der Waals surface area contributed by atoms with Crippen LogP contribution in [0.2, 0.25) is 0 Å². The molecular weight excluding hydrogens is 202 g/mol. The minimum absolute atomic E-state index is 0.0170. The fraction of sp³-hybridized carbons (Fsp3) is 0.538. The highest BCUT2D eigenvalue weighted by molar-refractivity contribution is 5.50. The molecule has 1 unspecified atom stereocenters. The molecule has 1 aromatic rings. The van der Waals surface area contributed by atoms with Gasteiger partial charge in [0.2, 0.25) is 0 Å². The minimum atomic E-state index is 0.0170. The van der Waals surface area contributed by atoms with Crippen LogP contribution in [0.5, 0.6) is 5.75 Å². The van der Waals surface area contributed by atoms with E-state index in [4.69, 9.17) is 10.5 Å². The summed E-state index contributed by atoms with van der Waals surface area (Å²) in [5.74, 6) is 0.943. The average molecular weight is 223 g/mol. The first-order valence-electron chi connectivity index (χ1n) is 5.52. The summed E-state index contributed by atoms with van der Waals surface area (Å²) in [6, 6.07) is 2.06. The molecule has 0 saturated heterocycles. The molecule has 1 atom stereocenters. The number of benzene rings is 1. The molecule has 0 aliphatic rings. The molecule has 0 saturated carbocycles. The van der Waals surface area contributed by atoms with Crippen LogP contribution in [0.3, 0.4) is 0 Å². The first-order valence-corrected chi connectivity index (χ1v) is 5.52. The highest BCUT2D eigenvalue weighted by Crippen LogP contribution is 2.31. The summed E-state index contributed by atoms with van der Waals surface area (Å²) in [5, 5.41) is 9.30. The quantitative estimate of drug-likeness (QED) is 0.816. The monoisotopic (exact) mass is 223 g/mol. The van der Waals surface area contributed by atoms with Crippen molar-refractivity contribution in [3.63, 3.8) is 0 Å². The van der Waals surface area contributed by atoms with Crippen molar-refractivity contribution in [2.24, 2.45) is 5.73 Å². The van der Waals surface area contributed by atoms with Crippen LogP contribution in [-0.2, 0) is 0 Å². The SMILES string of the molecule is COc1c(C)cc(C(CN)CO)c(C)c1C. The minimum Gasteiger partial charge on any atom is -0.496 e. The fourth-order valence-electron chi connectivity index (χ4n) is 2.13. The molecule has 3 N–H and O–H groups in total. The lowest BCUT2D eigenvalue weighted by Crippen LogP contribution is -2.18. The number of aliphatic hydroxyl groups is 1. The normalized spacial score (nSPS) is 12.6. The Morgan fingerprint density at radius 1 is 1.31 bits per heavy atom. The van der Waals surface area contributed by atoms with Crippen molar-refractivity contribution in [2.75, 3.05) is 20.3 Å². The van der Waals surface area contributed by atoms with Crippen molar-refractivity contribution in [1.82, 2.24) is 0 Å². The molecule has 0 bridgehead atoms. The maximum Gasteiger partial charge on any atom is 0.124 e. The molecular formula is C13H21NO2. The number of nitrogens with two attached hydrogens (primary N) is 1. The number of methoxy groups -OCH3 is 1. The molecule has 90 valence electrons. The number of ether oxygens (including phenoxy) is 1. The third kappa shape index (κ3) is 2.20. The zero-order chi connectivity index (χ0) is 12.3. The van der Waals surface area contributed by atoms with Gasteiger partial charge >= 0.3 is 0 Å². The van der Waals surface area contributed by atoms with E-state index in [0.717, 1.165) is 28.0 Å². The van der Waals surface area contributed by atoms with Crippen LogP contribution < -0.4 is 10.5 Å². The number of hydrogen-bond donors (Lipinski definition) is 2. The molecule has 16 heavy (non-hydrogen) atoms. The van der Waals surface area contributed by atoms with E-state index in [1.54, 1.807) is 7.11 Å². The van der Waals surface area contributed by atoms with E-state index in [2.05, 4.69) is 6.07 Å². The van der Waals surface area contributed by atoms with E-state index in [0.29, 0.717) is 6.54 Å². The van der Waals surface area contributed by atoms with Gasteiger partial charge in [0.05, 0.1) is 13.7 Å². The highest BCUT2D eigenvalue weighted by Gasteiger charge is 2.16. The van der Waals surface area contributed by atoms with Gasteiger partial charge in [-0.25, -0.2) is 0 Å². The predicted octanol–water partition coefficient (Wildman–Crippen LogP) is 1.66. The summed E-state index contributed by atoms with van der Waals surface area (Å²) in [5.41, 5.74) is 10.2. The second-order valence-electron chi connectivity index (χ2n) is 4.18. The Hall–Kier alpha value is -1.06. The van der Waals surface area contributed by atoms with E-state index < -0.39 is 0 Å². The molecule has 0 radical (unpaired) electrons. The zero-order valence-corrected chi connectivity index (χ0v) is 10.5. The van der Waals surface area contributed by atoms with Gasteiger partial charge in [0.15, 0.2) is 0 Å². The van der Waals surface area contributed by atoms with Gasteiger partial charge in [0, 0.05) is 12.5 Å². The van der Waals surface area contributed by atoms with Crippen molar-refractivity contribution in [2.45, 2.75) is 26.7 Å². The van der Waals surface area contributed by atoms with E-state index in [1.165, 1.54) is 0 Å². The molecule has 1 rings (SSSR count). The van der Waals surface area contributed by atoms with Gasteiger partial charge in [-0.2, -0.15) is 0 Å². The summed E-state index contributed by atoms with van der Waals surface area (Å²) in [4.78, 5) is 0. The third-order valence-corrected chi connectivity index (χ3v) is 3.22. The van der Waals surface area contributed by atoms with Crippen molar-refractivity contribution in [3.05, 3.63) is 28.3 Å². The predicted molar refractivity (Wildman–Crippen MR) is 66.1 cm³/mol. The van der Waals surface area contributed by atoms with Gasteiger partial charge in [-0.1, -0.05) is 6.07 Å². The fourth-order valence-corrected chi connectivity index (χ4v) is 2.13. The first kappa shape index (κ1) is 13.0. The Morgan fingerprint density at radius 2 is 1.94 bits per heavy atom. The lowest BCUT2D eigenvalue weighted by Gasteiger charge is -2.20. The van der Waals surface area contributed by atoms with E-state index in [1.807, 2.05) is 20.8 Å². The van der Waals surface area contributed by atoms with Gasteiger partial charge in [-0.05, 0) is 43.0 Å². The third-order valence-electron chi connectivity index (χ3n) is 3.22. The second kappa shape index (κ2) is 5.32. The summed E-state index contributed by atoms with van der Waals surface area (Å²) in [6.07, 6.45) is 0.